The van der Waals surface area contributed by atoms with E-state index in [1.54, 1.807) is 12.3 Å². The lowest BCUT2D eigenvalue weighted by molar-refractivity contribution is -0.120. The number of pyridine rings is 1. The lowest BCUT2D eigenvalue weighted by Crippen LogP contribution is -2.55. The van der Waals surface area contributed by atoms with Gasteiger partial charge in [0.2, 0.25) is 5.91 Å². The minimum atomic E-state index is -0.291. The summed E-state index contributed by atoms with van der Waals surface area (Å²) < 4.78 is 0. The number of nitrogens with two attached hydrogens (primary N) is 2. The average Bonchev–Trinajstić information content (AvgIpc) is 2.15. The number of nitrogen functional groups attached to an aromatic ring is 1. The molecule has 0 bridgehead atoms. The number of nitrogens with one attached hydrogen (secondary N) is 1. The molecule has 2 heterocycles. The van der Waals surface area contributed by atoms with Crippen LogP contribution in [-0.2, 0) is 4.79 Å². The van der Waals surface area contributed by atoms with Gasteiger partial charge in [0.15, 0.2) is 0 Å². The molecule has 1 aromatic rings. The fourth-order valence-electron chi connectivity index (χ4n) is 1.67. The Morgan fingerprint density at radius 2 is 2.47 bits per heavy atom. The van der Waals surface area contributed by atoms with Crippen molar-refractivity contribution in [1.82, 2.24) is 4.98 Å². The van der Waals surface area contributed by atoms with Crippen molar-refractivity contribution in [1.29, 1.82) is 0 Å². The van der Waals surface area contributed by atoms with Crippen LogP contribution in [0.1, 0.15) is 6.42 Å². The Bertz CT molecular complexity index is 381. The molecule has 0 saturated carbocycles. The maximum absolute atomic E-state index is 11.0. The van der Waals surface area contributed by atoms with Crippen LogP contribution < -0.4 is 21.9 Å². The van der Waals surface area contributed by atoms with Gasteiger partial charge in [-0.1, -0.05) is 0 Å². The summed E-state index contributed by atoms with van der Waals surface area (Å²) >= 11 is 0. The van der Waals surface area contributed by atoms with Gasteiger partial charge in [-0.3, -0.25) is 4.79 Å². The molecule has 0 radical (unpaired) electrons. The number of primary amides is 1. The van der Waals surface area contributed by atoms with Crippen molar-refractivity contribution in [3.8, 4) is 0 Å². The number of hydrogen-bond acceptors (Lipinski definition) is 5. The molecule has 6 heteroatoms. The van der Waals surface area contributed by atoms with Crippen LogP contribution in [0.25, 0.3) is 0 Å². The molecule has 1 unspecified atom stereocenters. The van der Waals surface area contributed by atoms with E-state index < -0.39 is 0 Å². The monoisotopic (exact) mass is 207 g/mol. The third-order valence-corrected chi connectivity index (χ3v) is 2.57. The van der Waals surface area contributed by atoms with Gasteiger partial charge in [-0.25, -0.2) is 10.8 Å². The topological polar surface area (TPSA) is 97.3 Å². The third-order valence-electron chi connectivity index (χ3n) is 2.57. The number of hydrazine groups is 1. The van der Waals surface area contributed by atoms with E-state index in [1.807, 2.05) is 11.0 Å². The summed E-state index contributed by atoms with van der Waals surface area (Å²) in [6, 6.07) is 3.42. The lowest BCUT2D eigenvalue weighted by Gasteiger charge is -2.40. The zero-order chi connectivity index (χ0) is 10.8. The molecule has 0 spiro atoms. The normalized spacial score (nSPS) is 19.5. The van der Waals surface area contributed by atoms with Gasteiger partial charge in [-0.2, -0.15) is 0 Å². The molecule has 0 aromatic carbocycles. The Balaban J connectivity index is 2.19. The molecule has 1 aliphatic rings. The van der Waals surface area contributed by atoms with E-state index in [1.165, 1.54) is 0 Å². The SMILES string of the molecule is NNc1cc(N2CCC2C(N)=O)ccn1. The Hall–Kier alpha value is -1.82. The minimum Gasteiger partial charge on any atom is -0.368 e. The highest BCUT2D eigenvalue weighted by atomic mass is 16.1. The van der Waals surface area contributed by atoms with E-state index in [-0.39, 0.29) is 11.9 Å². The molecule has 1 fully saturated rings. The number of rotatable bonds is 3. The zero-order valence-electron chi connectivity index (χ0n) is 8.18. The van der Waals surface area contributed by atoms with Crippen molar-refractivity contribution >= 4 is 17.4 Å². The summed E-state index contributed by atoms with van der Waals surface area (Å²) in [7, 11) is 0. The van der Waals surface area contributed by atoms with Crippen LogP contribution in [0.3, 0.4) is 0 Å². The van der Waals surface area contributed by atoms with Crippen LogP contribution >= 0.6 is 0 Å². The Labute approximate surface area is 87.2 Å². The maximum Gasteiger partial charge on any atom is 0.240 e. The first-order chi connectivity index (χ1) is 7.22. The highest BCUT2D eigenvalue weighted by molar-refractivity contribution is 5.85. The molecule has 2 rings (SSSR count). The van der Waals surface area contributed by atoms with Crippen LogP contribution in [0.2, 0.25) is 0 Å². The summed E-state index contributed by atoms with van der Waals surface area (Å²) in [5.74, 6) is 5.53. The van der Waals surface area contributed by atoms with Crippen LogP contribution in [0.4, 0.5) is 11.5 Å². The summed E-state index contributed by atoms with van der Waals surface area (Å²) in [6.07, 6.45) is 2.45. The van der Waals surface area contributed by atoms with Gasteiger partial charge in [0, 0.05) is 24.5 Å². The van der Waals surface area contributed by atoms with Crippen molar-refractivity contribution < 1.29 is 4.79 Å². The Kier molecular flexibility index (Phi) is 2.42. The second kappa shape index (κ2) is 3.74. The molecular weight excluding hydrogens is 194 g/mol. The van der Waals surface area contributed by atoms with E-state index in [4.69, 9.17) is 11.6 Å². The van der Waals surface area contributed by atoms with Gasteiger partial charge in [-0.15, -0.1) is 0 Å². The Morgan fingerprint density at radius 1 is 1.67 bits per heavy atom. The Morgan fingerprint density at radius 3 is 3.00 bits per heavy atom. The van der Waals surface area contributed by atoms with Gasteiger partial charge in [0.1, 0.15) is 11.9 Å². The van der Waals surface area contributed by atoms with Crippen molar-refractivity contribution in [2.75, 3.05) is 16.9 Å². The average molecular weight is 207 g/mol. The molecule has 0 aliphatic carbocycles. The molecule has 1 amide bonds. The van der Waals surface area contributed by atoms with Crippen molar-refractivity contribution in [2.45, 2.75) is 12.5 Å². The summed E-state index contributed by atoms with van der Waals surface area (Å²) in [5.41, 5.74) is 8.63. The highest BCUT2D eigenvalue weighted by Gasteiger charge is 2.32. The number of hydrogen-bond donors (Lipinski definition) is 3. The molecule has 1 aliphatic heterocycles. The molecule has 1 aromatic heterocycles. The molecule has 6 nitrogen and oxygen atoms in total. The van der Waals surface area contributed by atoms with E-state index >= 15 is 0 Å². The van der Waals surface area contributed by atoms with Crippen molar-refractivity contribution in [3.05, 3.63) is 18.3 Å². The summed E-state index contributed by atoms with van der Waals surface area (Å²) in [6.45, 7) is 0.835. The van der Waals surface area contributed by atoms with Crippen LogP contribution in [0.15, 0.2) is 18.3 Å². The number of carbonyl (C=O) groups excluding carboxylic acids is 1. The maximum atomic E-state index is 11.0. The van der Waals surface area contributed by atoms with E-state index in [0.29, 0.717) is 5.82 Å². The molecule has 15 heavy (non-hydrogen) atoms. The van der Waals surface area contributed by atoms with Crippen LogP contribution in [-0.4, -0.2) is 23.5 Å². The van der Waals surface area contributed by atoms with E-state index in [2.05, 4.69) is 10.4 Å². The van der Waals surface area contributed by atoms with E-state index in [9.17, 15) is 4.79 Å². The fourth-order valence-corrected chi connectivity index (χ4v) is 1.67. The van der Waals surface area contributed by atoms with Gasteiger partial charge in [-0.05, 0) is 12.5 Å². The number of carbonyl (C=O) groups is 1. The predicted octanol–water partition coefficient (Wildman–Crippen LogP) is -0.569. The second-order valence-corrected chi connectivity index (χ2v) is 3.44. The van der Waals surface area contributed by atoms with Crippen LogP contribution in [0, 0.1) is 0 Å². The van der Waals surface area contributed by atoms with Crippen molar-refractivity contribution in [2.24, 2.45) is 11.6 Å². The minimum absolute atomic E-state index is 0.196. The highest BCUT2D eigenvalue weighted by Crippen LogP contribution is 2.27. The largest absolute Gasteiger partial charge is 0.368 e. The molecular formula is C9H13N5O. The summed E-state index contributed by atoms with van der Waals surface area (Å²) in [5, 5.41) is 0. The number of anilines is 2. The fraction of sp³-hybridized carbons (Fsp3) is 0.333. The van der Waals surface area contributed by atoms with Crippen LogP contribution in [0.5, 0.6) is 0 Å². The predicted molar refractivity (Wildman–Crippen MR) is 57.0 cm³/mol. The summed E-state index contributed by atoms with van der Waals surface area (Å²) in [4.78, 5) is 17.0. The van der Waals surface area contributed by atoms with Gasteiger partial charge >= 0.3 is 0 Å². The van der Waals surface area contributed by atoms with Gasteiger partial charge < -0.3 is 16.1 Å². The number of amides is 1. The zero-order valence-corrected chi connectivity index (χ0v) is 8.18. The molecule has 80 valence electrons. The lowest BCUT2D eigenvalue weighted by atomic mass is 10.0. The first-order valence-corrected chi connectivity index (χ1v) is 4.71. The third kappa shape index (κ3) is 1.71. The molecule has 1 saturated heterocycles. The molecule has 1 atom stereocenters. The van der Waals surface area contributed by atoms with E-state index in [0.717, 1.165) is 18.7 Å². The standard InChI is InChI=1S/C9H13N5O/c10-9(15)7-2-4-14(7)6-1-3-12-8(5-6)13-11/h1,3,5,7H,2,4,11H2,(H2,10,15)(H,12,13). The quantitative estimate of drug-likeness (QED) is 0.455. The number of aromatic nitrogens is 1. The molecule has 5 N–H and O–H groups in total. The van der Waals surface area contributed by atoms with Gasteiger partial charge in [0.05, 0.1) is 0 Å². The van der Waals surface area contributed by atoms with Gasteiger partial charge in [0.25, 0.3) is 0 Å². The first kappa shape index (κ1) is 9.72. The van der Waals surface area contributed by atoms with Crippen molar-refractivity contribution in [3.63, 3.8) is 0 Å². The number of nitrogens with zero attached hydrogens (tertiary/aromatic N) is 2. The second-order valence-electron chi connectivity index (χ2n) is 3.44. The smallest absolute Gasteiger partial charge is 0.240 e. The first-order valence-electron chi connectivity index (χ1n) is 4.71.